The van der Waals surface area contributed by atoms with Crippen molar-refractivity contribution in [2.75, 3.05) is 0 Å². The molecule has 14 heavy (non-hydrogen) atoms. The van der Waals surface area contributed by atoms with Crippen molar-refractivity contribution in [3.05, 3.63) is 29.8 Å². The quantitative estimate of drug-likeness (QED) is 0.765. The van der Waals surface area contributed by atoms with Gasteiger partial charge in [-0.15, -0.1) is 0 Å². The number of carbonyl (C=O) groups excluding carboxylic acids is 1. The fraction of sp³-hybridized carbons (Fsp3) is 0.364. The molecule has 2 atom stereocenters. The summed E-state index contributed by atoms with van der Waals surface area (Å²) in [5.74, 6) is -0.0380. The second kappa shape index (κ2) is 4.51. The first-order chi connectivity index (χ1) is 6.52. The van der Waals surface area contributed by atoms with Gasteiger partial charge in [0.2, 0.25) is 0 Å². The monoisotopic (exact) mass is 210 g/mol. The highest BCUT2D eigenvalue weighted by Gasteiger charge is 2.17. The van der Waals surface area contributed by atoms with Crippen molar-refractivity contribution in [1.82, 2.24) is 0 Å². The molecule has 0 aliphatic carbocycles. The molecule has 0 spiro atoms. The standard InChI is InChI=1S/C11H14O2S/c1-8-4-6-11(7-5-8)14(13)10(3)9(2)12/h4-7,10H,1-3H3. The van der Waals surface area contributed by atoms with Crippen LogP contribution in [0.1, 0.15) is 19.4 Å². The summed E-state index contributed by atoms with van der Waals surface area (Å²) in [6.07, 6.45) is 0. The molecule has 0 aliphatic heterocycles. The second-order valence-electron chi connectivity index (χ2n) is 3.36. The molecule has 0 fully saturated rings. The van der Waals surface area contributed by atoms with Crippen LogP contribution in [0.3, 0.4) is 0 Å². The maximum Gasteiger partial charge on any atom is 0.145 e. The molecule has 3 heteroatoms. The lowest BCUT2D eigenvalue weighted by molar-refractivity contribution is -0.116. The number of Topliss-reactive ketones (excluding diaryl/α,β-unsaturated/α-hetero) is 1. The summed E-state index contributed by atoms with van der Waals surface area (Å²) >= 11 is 0. The average molecular weight is 210 g/mol. The minimum absolute atomic E-state index is 0.0380. The molecule has 0 bridgehead atoms. The van der Waals surface area contributed by atoms with Gasteiger partial charge in [-0.2, -0.15) is 0 Å². The molecule has 76 valence electrons. The maximum atomic E-state index is 11.8. The van der Waals surface area contributed by atoms with Crippen molar-refractivity contribution >= 4 is 16.6 Å². The van der Waals surface area contributed by atoms with Gasteiger partial charge in [-0.3, -0.25) is 9.00 Å². The van der Waals surface area contributed by atoms with Crippen LogP contribution in [0.2, 0.25) is 0 Å². The number of aryl methyl sites for hydroxylation is 1. The van der Waals surface area contributed by atoms with Crippen LogP contribution in [-0.2, 0) is 15.6 Å². The molecule has 0 amide bonds. The van der Waals surface area contributed by atoms with Crippen molar-refractivity contribution in [3.8, 4) is 0 Å². The van der Waals surface area contributed by atoms with Gasteiger partial charge in [0, 0.05) is 4.90 Å². The SMILES string of the molecule is CC(=O)C(C)S(=O)c1ccc(C)cc1. The molecule has 0 radical (unpaired) electrons. The van der Waals surface area contributed by atoms with Crippen LogP contribution >= 0.6 is 0 Å². The van der Waals surface area contributed by atoms with Crippen molar-refractivity contribution < 1.29 is 9.00 Å². The first-order valence-electron chi connectivity index (χ1n) is 4.50. The van der Waals surface area contributed by atoms with Crippen molar-refractivity contribution in [3.63, 3.8) is 0 Å². The Hall–Kier alpha value is -0.960. The van der Waals surface area contributed by atoms with Crippen LogP contribution in [0.4, 0.5) is 0 Å². The van der Waals surface area contributed by atoms with E-state index in [1.54, 1.807) is 6.92 Å². The van der Waals surface area contributed by atoms with E-state index >= 15 is 0 Å². The lowest BCUT2D eigenvalue weighted by atomic mass is 10.2. The molecule has 0 aromatic heterocycles. The molecule has 2 unspecified atom stereocenters. The Morgan fingerprint density at radius 2 is 1.79 bits per heavy atom. The Bertz CT molecular complexity index is 354. The average Bonchev–Trinajstić information content (AvgIpc) is 2.16. The molecular formula is C11H14O2S. The summed E-state index contributed by atoms with van der Waals surface area (Å²) in [6, 6.07) is 7.43. The lowest BCUT2D eigenvalue weighted by Crippen LogP contribution is -2.19. The third-order valence-electron chi connectivity index (χ3n) is 2.15. The van der Waals surface area contributed by atoms with Gasteiger partial charge in [-0.1, -0.05) is 17.7 Å². The molecule has 1 rings (SSSR count). The fourth-order valence-corrected chi connectivity index (χ4v) is 2.14. The summed E-state index contributed by atoms with van der Waals surface area (Å²) in [4.78, 5) is 11.8. The first kappa shape index (κ1) is 11.1. The Kier molecular flexibility index (Phi) is 3.58. The Balaban J connectivity index is 2.90. The van der Waals surface area contributed by atoms with Gasteiger partial charge >= 0.3 is 0 Å². The highest BCUT2D eigenvalue weighted by molar-refractivity contribution is 7.86. The van der Waals surface area contributed by atoms with E-state index in [1.165, 1.54) is 6.92 Å². The smallest absolute Gasteiger partial charge is 0.145 e. The largest absolute Gasteiger partial charge is 0.299 e. The number of hydrogen-bond donors (Lipinski definition) is 0. The molecule has 0 heterocycles. The number of carbonyl (C=O) groups is 1. The zero-order chi connectivity index (χ0) is 10.7. The summed E-state index contributed by atoms with van der Waals surface area (Å²) in [7, 11) is -1.22. The van der Waals surface area contributed by atoms with E-state index < -0.39 is 16.0 Å². The number of rotatable bonds is 3. The van der Waals surface area contributed by atoms with Gasteiger partial charge in [-0.05, 0) is 32.9 Å². The number of benzene rings is 1. The summed E-state index contributed by atoms with van der Waals surface area (Å²) < 4.78 is 11.8. The molecule has 0 saturated heterocycles. The van der Waals surface area contributed by atoms with E-state index in [0.29, 0.717) is 0 Å². The van der Waals surface area contributed by atoms with E-state index in [0.717, 1.165) is 10.5 Å². The van der Waals surface area contributed by atoms with Crippen molar-refractivity contribution in [2.24, 2.45) is 0 Å². The van der Waals surface area contributed by atoms with E-state index in [-0.39, 0.29) is 5.78 Å². The lowest BCUT2D eigenvalue weighted by Gasteiger charge is -2.07. The normalized spacial score (nSPS) is 14.8. The van der Waals surface area contributed by atoms with E-state index in [1.807, 2.05) is 31.2 Å². The van der Waals surface area contributed by atoms with Gasteiger partial charge in [0.25, 0.3) is 0 Å². The van der Waals surface area contributed by atoms with Gasteiger partial charge in [0.1, 0.15) is 5.78 Å². The molecule has 1 aromatic rings. The molecular weight excluding hydrogens is 196 g/mol. The Morgan fingerprint density at radius 3 is 2.21 bits per heavy atom. The van der Waals surface area contributed by atoms with E-state index in [2.05, 4.69) is 0 Å². The zero-order valence-electron chi connectivity index (χ0n) is 8.61. The Labute approximate surface area is 86.8 Å². The van der Waals surface area contributed by atoms with Gasteiger partial charge < -0.3 is 0 Å². The molecule has 2 nitrogen and oxygen atoms in total. The maximum absolute atomic E-state index is 11.8. The summed E-state index contributed by atoms with van der Waals surface area (Å²) in [5.41, 5.74) is 1.13. The van der Waals surface area contributed by atoms with Crippen LogP contribution in [0.15, 0.2) is 29.2 Å². The van der Waals surface area contributed by atoms with Crippen molar-refractivity contribution in [1.29, 1.82) is 0 Å². The molecule has 1 aromatic carbocycles. The third-order valence-corrected chi connectivity index (χ3v) is 3.86. The fourth-order valence-electron chi connectivity index (χ4n) is 1.03. The summed E-state index contributed by atoms with van der Waals surface area (Å²) in [6.45, 7) is 5.14. The Morgan fingerprint density at radius 1 is 1.29 bits per heavy atom. The van der Waals surface area contributed by atoms with Gasteiger partial charge in [-0.25, -0.2) is 0 Å². The van der Waals surface area contributed by atoms with Crippen LogP contribution < -0.4 is 0 Å². The zero-order valence-corrected chi connectivity index (χ0v) is 9.43. The molecule has 0 saturated carbocycles. The highest BCUT2D eigenvalue weighted by atomic mass is 32.2. The van der Waals surface area contributed by atoms with E-state index in [9.17, 15) is 9.00 Å². The number of ketones is 1. The number of hydrogen-bond acceptors (Lipinski definition) is 2. The van der Waals surface area contributed by atoms with Crippen LogP contribution in [0.25, 0.3) is 0 Å². The summed E-state index contributed by atoms with van der Waals surface area (Å²) in [5, 5.41) is -0.419. The van der Waals surface area contributed by atoms with Gasteiger partial charge in [0.05, 0.1) is 16.0 Å². The first-order valence-corrected chi connectivity index (χ1v) is 5.71. The molecule has 0 aliphatic rings. The minimum Gasteiger partial charge on any atom is -0.299 e. The van der Waals surface area contributed by atoms with Gasteiger partial charge in [0.15, 0.2) is 0 Å². The minimum atomic E-state index is -1.22. The van der Waals surface area contributed by atoms with Crippen LogP contribution in [0, 0.1) is 6.92 Å². The van der Waals surface area contributed by atoms with Crippen molar-refractivity contribution in [2.45, 2.75) is 30.9 Å². The second-order valence-corrected chi connectivity index (χ2v) is 5.14. The van der Waals surface area contributed by atoms with Crippen LogP contribution in [-0.4, -0.2) is 15.2 Å². The predicted molar refractivity (Wildman–Crippen MR) is 57.7 cm³/mol. The third kappa shape index (κ3) is 2.51. The predicted octanol–water partition coefficient (Wildman–Crippen LogP) is 2.08. The van der Waals surface area contributed by atoms with Crippen LogP contribution in [0.5, 0.6) is 0 Å². The topological polar surface area (TPSA) is 34.1 Å². The van der Waals surface area contributed by atoms with E-state index in [4.69, 9.17) is 0 Å². The molecule has 0 N–H and O–H groups in total. The highest BCUT2D eigenvalue weighted by Crippen LogP contribution is 2.12.